The maximum absolute atomic E-state index is 12.8. The molecule has 0 rings (SSSR count). The average molecular weight is 1030 g/mol. The van der Waals surface area contributed by atoms with Gasteiger partial charge in [-0.2, -0.15) is 0 Å². The van der Waals surface area contributed by atoms with Crippen molar-refractivity contribution in [3.05, 3.63) is 60.8 Å². The molecule has 9 nitrogen and oxygen atoms in total. The van der Waals surface area contributed by atoms with E-state index in [1.54, 1.807) is 0 Å². The van der Waals surface area contributed by atoms with Crippen LogP contribution < -0.4 is 5.11 Å². The molecule has 0 saturated carbocycles. The van der Waals surface area contributed by atoms with Gasteiger partial charge in [-0.1, -0.05) is 242 Å². The number of carboxylic acid groups (broad SMARTS) is 1. The Kier molecular flexibility index (Phi) is 53.0. The number of rotatable bonds is 56. The lowest BCUT2D eigenvalue weighted by Gasteiger charge is -2.26. The van der Waals surface area contributed by atoms with E-state index in [1.165, 1.54) is 167 Å². The first-order chi connectivity index (χ1) is 35.6. The second-order valence-corrected chi connectivity index (χ2v) is 21.6. The Morgan fingerprint density at radius 1 is 0.425 bits per heavy atom. The van der Waals surface area contributed by atoms with Crippen molar-refractivity contribution < 1.29 is 42.9 Å². The lowest BCUT2D eigenvalue weighted by molar-refractivity contribution is -0.870. The van der Waals surface area contributed by atoms with Gasteiger partial charge in [-0.3, -0.25) is 9.59 Å². The van der Waals surface area contributed by atoms with Crippen LogP contribution in [0.5, 0.6) is 0 Å². The fourth-order valence-corrected chi connectivity index (χ4v) is 8.58. The van der Waals surface area contributed by atoms with Crippen molar-refractivity contribution in [2.24, 2.45) is 0 Å². The predicted molar refractivity (Wildman–Crippen MR) is 306 cm³/mol. The Morgan fingerprint density at radius 3 is 1.18 bits per heavy atom. The highest BCUT2D eigenvalue weighted by molar-refractivity contribution is 5.70. The summed E-state index contributed by atoms with van der Waals surface area (Å²) in [5.74, 6) is -2.31. The Morgan fingerprint density at radius 2 is 0.781 bits per heavy atom. The van der Waals surface area contributed by atoms with Gasteiger partial charge in [-0.05, 0) is 77.0 Å². The van der Waals surface area contributed by atoms with Crippen LogP contribution in [0.25, 0.3) is 0 Å². The normalized spacial score (nSPS) is 13.2. The molecule has 0 aromatic rings. The summed E-state index contributed by atoms with van der Waals surface area (Å²) in [6, 6.07) is 0. The van der Waals surface area contributed by atoms with Gasteiger partial charge in [0.15, 0.2) is 12.4 Å². The number of quaternary nitrogens is 1. The SMILES string of the molecule is CC/C=C\C/C=C\C/C=C\C/C=C\CCCCCCC(=O)OC(COC(=O)CCCCCCCCCCCCCCCCCCCCC/C=C\CCCCCCCCCC)COC(OCC[N+](C)(C)C)C(=O)[O-]. The maximum atomic E-state index is 12.8. The number of ether oxygens (including phenoxy) is 4. The zero-order chi connectivity index (χ0) is 53.4. The molecule has 0 aliphatic rings. The van der Waals surface area contributed by atoms with Gasteiger partial charge in [-0.25, -0.2) is 0 Å². The smallest absolute Gasteiger partial charge is 0.306 e. The first kappa shape index (κ1) is 70.0. The molecule has 0 bridgehead atoms. The lowest BCUT2D eigenvalue weighted by Crippen LogP contribution is -2.44. The fourth-order valence-electron chi connectivity index (χ4n) is 8.58. The summed E-state index contributed by atoms with van der Waals surface area (Å²) >= 11 is 0. The topological polar surface area (TPSA) is 111 Å². The molecule has 0 amide bonds. The molecule has 2 atom stereocenters. The monoisotopic (exact) mass is 1030 g/mol. The zero-order valence-electron chi connectivity index (χ0n) is 48.3. The number of hydrogen-bond acceptors (Lipinski definition) is 8. The van der Waals surface area contributed by atoms with Crippen LogP contribution in [-0.2, 0) is 33.3 Å². The molecule has 0 heterocycles. The summed E-state index contributed by atoms with van der Waals surface area (Å²) in [4.78, 5) is 37.3. The van der Waals surface area contributed by atoms with E-state index in [-0.39, 0.29) is 38.6 Å². The van der Waals surface area contributed by atoms with Crippen LogP contribution >= 0.6 is 0 Å². The summed E-state index contributed by atoms with van der Waals surface area (Å²) in [6.45, 7) is 4.63. The molecule has 0 aliphatic heterocycles. The lowest BCUT2D eigenvalue weighted by atomic mass is 10.0. The molecule has 424 valence electrons. The summed E-state index contributed by atoms with van der Waals surface area (Å²) in [6.07, 6.45) is 67.2. The van der Waals surface area contributed by atoms with Crippen LogP contribution in [0.1, 0.15) is 271 Å². The predicted octanol–water partition coefficient (Wildman–Crippen LogP) is 16.7. The van der Waals surface area contributed by atoms with Crippen LogP contribution in [-0.4, -0.2) is 82.3 Å². The fraction of sp³-hybridized carbons (Fsp3) is 0.797. The zero-order valence-corrected chi connectivity index (χ0v) is 48.3. The molecule has 73 heavy (non-hydrogen) atoms. The molecule has 0 aromatic heterocycles. The summed E-state index contributed by atoms with van der Waals surface area (Å²) in [7, 11) is 5.91. The van der Waals surface area contributed by atoms with Crippen LogP contribution in [0, 0.1) is 0 Å². The molecule has 9 heteroatoms. The van der Waals surface area contributed by atoms with E-state index in [2.05, 4.69) is 74.6 Å². The number of carboxylic acids is 1. The highest BCUT2D eigenvalue weighted by Crippen LogP contribution is 2.17. The van der Waals surface area contributed by atoms with E-state index in [0.29, 0.717) is 17.4 Å². The molecular weight excluding hydrogens is 911 g/mol. The van der Waals surface area contributed by atoms with Gasteiger partial charge in [0.25, 0.3) is 0 Å². The number of allylic oxidation sites excluding steroid dienone is 10. The number of hydrogen-bond donors (Lipinski definition) is 0. The third kappa shape index (κ3) is 56.6. The molecule has 0 aromatic carbocycles. The first-order valence-electron chi connectivity index (χ1n) is 30.4. The third-order valence-corrected chi connectivity index (χ3v) is 13.2. The Hall–Kier alpha value is -3.01. The number of nitrogens with zero attached hydrogens (tertiary/aromatic N) is 1. The Balaban J connectivity index is 4.12. The van der Waals surface area contributed by atoms with E-state index >= 15 is 0 Å². The standard InChI is InChI=1S/C64H115NO8/c1-6-8-10-12-14-16-18-20-22-24-25-26-27-28-29-30-31-32-33-34-35-36-37-39-40-42-44-46-48-50-52-54-61(66)71-58-60(59-72-64(63(68)69)70-57-56-65(3,4)5)73-62(67)55-53-51-49-47-45-43-41-38-23-21-19-17-15-13-11-9-7-2/h9,11,15,17,21,23-25,41,43,60,64H,6-8,10,12-14,16,18-20,22,26-40,42,44-59H2,1-5H3/b11-9-,17-15-,23-21-,25-24-,43-41-. The van der Waals surface area contributed by atoms with Gasteiger partial charge in [-0.15, -0.1) is 0 Å². The van der Waals surface area contributed by atoms with Gasteiger partial charge in [0, 0.05) is 12.8 Å². The number of aliphatic carboxylic acids is 1. The first-order valence-corrected chi connectivity index (χ1v) is 30.4. The van der Waals surface area contributed by atoms with Crippen molar-refractivity contribution in [1.29, 1.82) is 0 Å². The van der Waals surface area contributed by atoms with Crippen LogP contribution in [0.15, 0.2) is 60.8 Å². The van der Waals surface area contributed by atoms with Crippen molar-refractivity contribution in [2.45, 2.75) is 283 Å². The largest absolute Gasteiger partial charge is 0.545 e. The minimum absolute atomic E-state index is 0.141. The molecule has 0 saturated heterocycles. The maximum Gasteiger partial charge on any atom is 0.306 e. The quantitative estimate of drug-likeness (QED) is 0.0195. The van der Waals surface area contributed by atoms with Crippen molar-refractivity contribution in [3.63, 3.8) is 0 Å². The molecule has 0 N–H and O–H groups in total. The minimum atomic E-state index is -1.63. The molecular formula is C64H115NO8. The van der Waals surface area contributed by atoms with Crippen LogP contribution in [0.3, 0.4) is 0 Å². The third-order valence-electron chi connectivity index (χ3n) is 13.2. The number of unbranched alkanes of at least 4 members (excludes halogenated alkanes) is 31. The average Bonchev–Trinajstić information content (AvgIpc) is 3.36. The number of esters is 2. The van der Waals surface area contributed by atoms with Gasteiger partial charge in [0.2, 0.25) is 0 Å². The second-order valence-electron chi connectivity index (χ2n) is 21.6. The second kappa shape index (κ2) is 55.2. The van der Waals surface area contributed by atoms with Crippen molar-refractivity contribution in [1.82, 2.24) is 0 Å². The Labute approximate surface area is 450 Å². The summed E-state index contributed by atoms with van der Waals surface area (Å²) in [5.41, 5.74) is 0. The molecule has 0 fully saturated rings. The highest BCUT2D eigenvalue weighted by atomic mass is 16.7. The highest BCUT2D eigenvalue weighted by Gasteiger charge is 2.22. The van der Waals surface area contributed by atoms with E-state index in [0.717, 1.165) is 70.6 Å². The Bertz CT molecular complexity index is 1380. The van der Waals surface area contributed by atoms with Crippen molar-refractivity contribution in [3.8, 4) is 0 Å². The summed E-state index contributed by atoms with van der Waals surface area (Å²) in [5, 5.41) is 11.8. The van der Waals surface area contributed by atoms with Crippen LogP contribution in [0.4, 0.5) is 0 Å². The molecule has 0 radical (unpaired) electrons. The number of carbonyl (C=O) groups excluding carboxylic acids is 3. The van der Waals surface area contributed by atoms with E-state index in [1.807, 2.05) is 21.1 Å². The van der Waals surface area contributed by atoms with Crippen molar-refractivity contribution in [2.75, 3.05) is 47.5 Å². The van der Waals surface area contributed by atoms with Gasteiger partial charge >= 0.3 is 11.9 Å². The van der Waals surface area contributed by atoms with Crippen LogP contribution in [0.2, 0.25) is 0 Å². The van der Waals surface area contributed by atoms with E-state index in [4.69, 9.17) is 18.9 Å². The van der Waals surface area contributed by atoms with Gasteiger partial charge in [0.05, 0.1) is 40.3 Å². The van der Waals surface area contributed by atoms with Gasteiger partial charge < -0.3 is 33.3 Å². The number of carbonyl (C=O) groups is 3. The van der Waals surface area contributed by atoms with E-state index < -0.39 is 24.3 Å². The molecule has 2 unspecified atom stereocenters. The summed E-state index contributed by atoms with van der Waals surface area (Å²) < 4.78 is 22.7. The molecule has 0 spiro atoms. The van der Waals surface area contributed by atoms with Crippen molar-refractivity contribution >= 4 is 17.9 Å². The van der Waals surface area contributed by atoms with Gasteiger partial charge in [0.1, 0.15) is 13.2 Å². The number of likely N-dealkylation sites (N-methyl/N-ethyl adjacent to an activating group) is 1. The minimum Gasteiger partial charge on any atom is -0.545 e. The molecule has 0 aliphatic carbocycles. The van der Waals surface area contributed by atoms with E-state index in [9.17, 15) is 19.5 Å².